The number of amides is 1. The second kappa shape index (κ2) is 9.58. The summed E-state index contributed by atoms with van der Waals surface area (Å²) in [4.78, 5) is 17.9. The van der Waals surface area contributed by atoms with Crippen LogP contribution in [-0.2, 0) is 11.3 Å². The Labute approximate surface area is 149 Å². The van der Waals surface area contributed by atoms with E-state index in [-0.39, 0.29) is 11.8 Å². The summed E-state index contributed by atoms with van der Waals surface area (Å²) in [7, 11) is 0. The highest BCUT2D eigenvalue weighted by Gasteiger charge is 2.16. The zero-order valence-corrected chi connectivity index (χ0v) is 15.8. The van der Waals surface area contributed by atoms with Crippen molar-refractivity contribution in [3.63, 3.8) is 0 Å². The van der Waals surface area contributed by atoms with Crippen molar-refractivity contribution in [1.29, 1.82) is 0 Å². The summed E-state index contributed by atoms with van der Waals surface area (Å²) in [6, 6.07) is 8.41. The first-order valence-electron chi connectivity index (χ1n) is 8.92. The van der Waals surface area contributed by atoms with E-state index in [4.69, 9.17) is 0 Å². The van der Waals surface area contributed by atoms with Gasteiger partial charge in [0.25, 0.3) is 0 Å². The monoisotopic (exact) mass is 344 g/mol. The third-order valence-electron chi connectivity index (χ3n) is 4.34. The Hall–Kier alpha value is -1.68. The van der Waals surface area contributed by atoms with Crippen molar-refractivity contribution in [2.75, 3.05) is 0 Å². The number of hydrogen-bond acceptors (Lipinski definition) is 3. The molecule has 3 nitrogen and oxygen atoms in total. The van der Waals surface area contributed by atoms with E-state index in [2.05, 4.69) is 48.4 Å². The summed E-state index contributed by atoms with van der Waals surface area (Å²) < 4.78 is 0. The first-order valence-corrected chi connectivity index (χ1v) is 9.80. The van der Waals surface area contributed by atoms with Crippen LogP contribution in [0.2, 0.25) is 0 Å². The summed E-state index contributed by atoms with van der Waals surface area (Å²) in [5, 5.41) is 3.11. The fourth-order valence-electron chi connectivity index (χ4n) is 2.89. The molecule has 24 heavy (non-hydrogen) atoms. The number of carbonyl (C=O) groups is 1. The van der Waals surface area contributed by atoms with Gasteiger partial charge in [0.1, 0.15) is 0 Å². The second-order valence-corrected chi connectivity index (χ2v) is 7.16. The predicted octanol–water partition coefficient (Wildman–Crippen LogP) is 5.34. The lowest BCUT2D eigenvalue weighted by atomic mass is 9.96. The normalized spacial score (nSPS) is 12.1. The van der Waals surface area contributed by atoms with E-state index in [1.54, 1.807) is 11.3 Å². The van der Waals surface area contributed by atoms with Gasteiger partial charge in [0.05, 0.1) is 16.1 Å². The maximum absolute atomic E-state index is 12.4. The number of nitrogens with zero attached hydrogens (tertiary/aromatic N) is 1. The highest BCUT2D eigenvalue weighted by atomic mass is 32.1. The van der Waals surface area contributed by atoms with Gasteiger partial charge in [0, 0.05) is 12.5 Å². The highest BCUT2D eigenvalue weighted by Crippen LogP contribution is 2.27. The lowest BCUT2D eigenvalue weighted by Gasteiger charge is -2.16. The number of aromatic nitrogens is 1. The van der Waals surface area contributed by atoms with Crippen LogP contribution in [0.15, 0.2) is 29.8 Å². The molecule has 0 radical (unpaired) electrons. The maximum atomic E-state index is 12.4. The molecule has 1 aromatic carbocycles. The lowest BCUT2D eigenvalue weighted by molar-refractivity contribution is -0.125. The summed E-state index contributed by atoms with van der Waals surface area (Å²) in [5.41, 5.74) is 5.28. The summed E-state index contributed by atoms with van der Waals surface area (Å²) in [5.74, 6) is 0.363. The van der Waals surface area contributed by atoms with Crippen LogP contribution in [0.5, 0.6) is 0 Å². The average Bonchev–Trinajstić information content (AvgIpc) is 3.03. The number of benzene rings is 1. The van der Waals surface area contributed by atoms with Gasteiger partial charge in [0.15, 0.2) is 0 Å². The quantitative estimate of drug-likeness (QED) is 0.667. The molecule has 0 aliphatic carbocycles. The minimum absolute atomic E-state index is 0.161. The molecule has 1 N–H and O–H groups in total. The van der Waals surface area contributed by atoms with Gasteiger partial charge < -0.3 is 5.32 Å². The average molecular weight is 345 g/mol. The second-order valence-electron chi connectivity index (χ2n) is 6.31. The van der Waals surface area contributed by atoms with Crippen LogP contribution in [0.25, 0.3) is 10.4 Å². The molecule has 0 fully saturated rings. The molecule has 2 aromatic rings. The Morgan fingerprint density at radius 1 is 1.17 bits per heavy atom. The van der Waals surface area contributed by atoms with E-state index in [9.17, 15) is 4.79 Å². The maximum Gasteiger partial charge on any atom is 0.223 e. The topological polar surface area (TPSA) is 42.0 Å². The molecule has 4 heteroatoms. The molecule has 0 saturated carbocycles. The molecule has 2 rings (SSSR count). The fraction of sp³-hybridized carbons (Fsp3) is 0.500. The highest BCUT2D eigenvalue weighted by molar-refractivity contribution is 7.13. The van der Waals surface area contributed by atoms with E-state index in [1.165, 1.54) is 10.4 Å². The largest absolute Gasteiger partial charge is 0.352 e. The first kappa shape index (κ1) is 18.7. The van der Waals surface area contributed by atoms with Crippen molar-refractivity contribution in [1.82, 2.24) is 10.3 Å². The van der Waals surface area contributed by atoms with Gasteiger partial charge in [-0.3, -0.25) is 4.79 Å². The van der Waals surface area contributed by atoms with Crippen molar-refractivity contribution in [2.24, 2.45) is 5.92 Å². The molecule has 0 saturated heterocycles. The van der Waals surface area contributed by atoms with Crippen molar-refractivity contribution in [3.05, 3.63) is 41.0 Å². The number of nitrogens with one attached hydrogen (secondary N) is 1. The van der Waals surface area contributed by atoms with Gasteiger partial charge in [-0.05, 0) is 30.9 Å². The van der Waals surface area contributed by atoms with Crippen LogP contribution >= 0.6 is 11.3 Å². The van der Waals surface area contributed by atoms with Crippen molar-refractivity contribution in [2.45, 2.75) is 59.4 Å². The molecule has 1 heterocycles. The molecule has 0 spiro atoms. The number of carbonyl (C=O) groups excluding carboxylic acids is 1. The van der Waals surface area contributed by atoms with Gasteiger partial charge in [-0.15, -0.1) is 11.3 Å². The molecule has 1 aromatic heterocycles. The van der Waals surface area contributed by atoms with Crippen molar-refractivity contribution in [3.8, 4) is 10.4 Å². The summed E-state index contributed by atoms with van der Waals surface area (Å²) >= 11 is 1.66. The van der Waals surface area contributed by atoms with Gasteiger partial charge >= 0.3 is 0 Å². The van der Waals surface area contributed by atoms with Crippen LogP contribution in [0.3, 0.4) is 0 Å². The Morgan fingerprint density at radius 3 is 2.50 bits per heavy atom. The number of rotatable bonds is 9. The lowest BCUT2D eigenvalue weighted by Crippen LogP contribution is -2.30. The molecule has 0 aliphatic rings. The molecular formula is C20H28N2OS. The minimum Gasteiger partial charge on any atom is -0.352 e. The fourth-order valence-corrected chi connectivity index (χ4v) is 3.70. The third kappa shape index (κ3) is 5.17. The van der Waals surface area contributed by atoms with Crippen LogP contribution < -0.4 is 5.32 Å². The predicted molar refractivity (Wildman–Crippen MR) is 102 cm³/mol. The number of aryl methyl sites for hydroxylation is 1. The van der Waals surface area contributed by atoms with E-state index >= 15 is 0 Å². The molecule has 130 valence electrons. The Balaban J connectivity index is 1.91. The third-order valence-corrected chi connectivity index (χ3v) is 5.32. The van der Waals surface area contributed by atoms with Gasteiger partial charge in [-0.25, -0.2) is 4.98 Å². The smallest absolute Gasteiger partial charge is 0.223 e. The van der Waals surface area contributed by atoms with Gasteiger partial charge in [0.2, 0.25) is 5.91 Å². The Kier molecular flexibility index (Phi) is 7.44. The van der Waals surface area contributed by atoms with Gasteiger partial charge in [-0.2, -0.15) is 0 Å². The number of thiazole rings is 1. The van der Waals surface area contributed by atoms with Crippen LogP contribution in [0, 0.1) is 12.8 Å². The molecule has 1 unspecified atom stereocenters. The van der Waals surface area contributed by atoms with Crippen LogP contribution in [0.1, 0.15) is 57.2 Å². The van der Waals surface area contributed by atoms with E-state index in [0.29, 0.717) is 6.54 Å². The first-order chi connectivity index (χ1) is 11.7. The molecule has 1 amide bonds. The zero-order valence-electron chi connectivity index (χ0n) is 15.0. The van der Waals surface area contributed by atoms with Gasteiger partial charge in [-0.1, -0.05) is 57.4 Å². The Morgan fingerprint density at radius 2 is 1.92 bits per heavy atom. The Bertz CT molecular complexity index is 633. The standard InChI is InChI=1S/C20H28N2OS/c1-4-6-8-18(7-5-2)20(23)21-13-16-9-11-17(12-10-16)19-15(3)22-14-24-19/h9-12,14,18H,4-8,13H2,1-3H3,(H,21,23). The summed E-state index contributed by atoms with van der Waals surface area (Å²) in [6.45, 7) is 6.96. The van der Waals surface area contributed by atoms with E-state index in [0.717, 1.165) is 43.4 Å². The minimum atomic E-state index is 0.161. The van der Waals surface area contributed by atoms with Crippen molar-refractivity contribution < 1.29 is 4.79 Å². The molecule has 0 bridgehead atoms. The van der Waals surface area contributed by atoms with E-state index < -0.39 is 0 Å². The molecular weight excluding hydrogens is 316 g/mol. The zero-order chi connectivity index (χ0) is 17.4. The van der Waals surface area contributed by atoms with E-state index in [1.807, 2.05) is 12.4 Å². The SMILES string of the molecule is CCCCC(CCC)C(=O)NCc1ccc(-c2scnc2C)cc1. The summed E-state index contributed by atoms with van der Waals surface area (Å²) in [6.07, 6.45) is 5.31. The van der Waals surface area contributed by atoms with Crippen LogP contribution in [-0.4, -0.2) is 10.9 Å². The van der Waals surface area contributed by atoms with Crippen LogP contribution in [0.4, 0.5) is 0 Å². The van der Waals surface area contributed by atoms with Crippen molar-refractivity contribution >= 4 is 17.2 Å². The number of hydrogen-bond donors (Lipinski definition) is 1. The number of unbranched alkanes of at least 4 members (excludes halogenated alkanes) is 1. The molecule has 1 atom stereocenters. The molecule has 0 aliphatic heterocycles.